The Morgan fingerprint density at radius 1 is 1.21 bits per heavy atom. The summed E-state index contributed by atoms with van der Waals surface area (Å²) in [4.78, 5) is 43.8. The van der Waals surface area contributed by atoms with Crippen LogP contribution in [0.1, 0.15) is 13.8 Å². The van der Waals surface area contributed by atoms with Crippen molar-refractivity contribution < 1.29 is 9.59 Å². The number of amides is 2. The Morgan fingerprint density at radius 3 is 2.50 bits per heavy atom. The highest BCUT2D eigenvalue weighted by atomic mass is 16.2. The van der Waals surface area contributed by atoms with Crippen molar-refractivity contribution in [3.8, 4) is 0 Å². The van der Waals surface area contributed by atoms with Gasteiger partial charge in [0.2, 0.25) is 11.8 Å². The van der Waals surface area contributed by atoms with Crippen LogP contribution in [-0.4, -0.2) is 67.6 Å². The lowest BCUT2D eigenvalue weighted by atomic mass is 10.4. The third-order valence-electron chi connectivity index (χ3n) is 3.94. The number of carbonyl (C=O) groups is 2. The van der Waals surface area contributed by atoms with E-state index in [1.54, 1.807) is 19.0 Å². The molecule has 0 spiro atoms. The van der Waals surface area contributed by atoms with Crippen LogP contribution < -0.4 is 5.56 Å². The van der Waals surface area contributed by atoms with Gasteiger partial charge in [0.15, 0.2) is 5.65 Å². The molecule has 0 bridgehead atoms. The highest BCUT2D eigenvalue weighted by Crippen LogP contribution is 2.03. The first-order chi connectivity index (χ1) is 11.4. The molecule has 9 nitrogen and oxygen atoms in total. The molecule has 0 saturated heterocycles. The summed E-state index contributed by atoms with van der Waals surface area (Å²) in [7, 11) is 3.24. The highest BCUT2D eigenvalue weighted by molar-refractivity contribution is 5.84. The van der Waals surface area contributed by atoms with Gasteiger partial charge in [0.25, 0.3) is 5.56 Å². The maximum atomic E-state index is 12.3. The molecule has 0 radical (unpaired) electrons. The van der Waals surface area contributed by atoms with Crippen molar-refractivity contribution in [2.24, 2.45) is 7.05 Å². The van der Waals surface area contributed by atoms with Crippen molar-refractivity contribution in [3.05, 3.63) is 22.9 Å². The van der Waals surface area contributed by atoms with Crippen molar-refractivity contribution in [2.45, 2.75) is 20.4 Å². The number of aryl methyl sites for hydroxylation is 1. The van der Waals surface area contributed by atoms with Gasteiger partial charge >= 0.3 is 0 Å². The van der Waals surface area contributed by atoms with E-state index in [2.05, 4.69) is 10.1 Å². The summed E-state index contributed by atoms with van der Waals surface area (Å²) in [6.45, 7) is 4.78. The summed E-state index contributed by atoms with van der Waals surface area (Å²) in [6, 6.07) is 0. The molecule has 2 heterocycles. The van der Waals surface area contributed by atoms with Crippen LogP contribution in [0, 0.1) is 0 Å². The van der Waals surface area contributed by atoms with E-state index in [1.165, 1.54) is 26.7 Å². The molecular formula is C15H22N6O3. The van der Waals surface area contributed by atoms with Gasteiger partial charge in [-0.25, -0.2) is 4.98 Å². The van der Waals surface area contributed by atoms with Crippen molar-refractivity contribution in [3.63, 3.8) is 0 Å². The van der Waals surface area contributed by atoms with Gasteiger partial charge in [0, 0.05) is 27.2 Å². The molecule has 2 aromatic rings. The predicted molar refractivity (Wildman–Crippen MR) is 88.3 cm³/mol. The lowest BCUT2D eigenvalue weighted by Gasteiger charge is -2.23. The average Bonchev–Trinajstić information content (AvgIpc) is 2.93. The molecule has 130 valence electrons. The molecule has 0 saturated carbocycles. The Kier molecular flexibility index (Phi) is 5.32. The Labute approximate surface area is 139 Å². The molecule has 0 fully saturated rings. The normalized spacial score (nSPS) is 10.8. The molecule has 0 aliphatic heterocycles. The predicted octanol–water partition coefficient (Wildman–Crippen LogP) is -0.543. The third-order valence-corrected chi connectivity index (χ3v) is 3.94. The first-order valence-corrected chi connectivity index (χ1v) is 7.77. The van der Waals surface area contributed by atoms with Crippen molar-refractivity contribution in [1.29, 1.82) is 0 Å². The number of nitrogens with zero attached hydrogens (tertiary/aromatic N) is 6. The molecular weight excluding hydrogens is 312 g/mol. The van der Waals surface area contributed by atoms with Gasteiger partial charge in [-0.1, -0.05) is 0 Å². The summed E-state index contributed by atoms with van der Waals surface area (Å²) in [5, 5.41) is 4.34. The number of rotatable bonds is 6. The molecule has 2 rings (SSSR count). The molecule has 24 heavy (non-hydrogen) atoms. The fraction of sp³-hybridized carbons (Fsp3) is 0.533. The zero-order chi connectivity index (χ0) is 17.9. The number of hydrogen-bond donors (Lipinski definition) is 0. The topological polar surface area (TPSA) is 93.3 Å². The van der Waals surface area contributed by atoms with Crippen LogP contribution in [0.4, 0.5) is 0 Å². The van der Waals surface area contributed by atoms with Crippen LogP contribution >= 0.6 is 0 Å². The van der Waals surface area contributed by atoms with Crippen molar-refractivity contribution in [1.82, 2.24) is 29.1 Å². The van der Waals surface area contributed by atoms with Gasteiger partial charge < -0.3 is 9.80 Å². The lowest BCUT2D eigenvalue weighted by Crippen LogP contribution is -2.42. The SMILES string of the molecule is CCN(CC)C(=O)CN(C)C(=O)Cn1cnc2c(cnn2C)c1=O. The van der Waals surface area contributed by atoms with E-state index in [4.69, 9.17) is 0 Å². The number of hydrogen-bond acceptors (Lipinski definition) is 5. The zero-order valence-corrected chi connectivity index (χ0v) is 14.4. The first kappa shape index (κ1) is 17.6. The van der Waals surface area contributed by atoms with Crippen LogP contribution in [0.3, 0.4) is 0 Å². The summed E-state index contributed by atoms with van der Waals surface area (Å²) >= 11 is 0. The molecule has 2 aromatic heterocycles. The Balaban J connectivity index is 2.10. The van der Waals surface area contributed by atoms with Crippen LogP contribution in [0.25, 0.3) is 11.0 Å². The maximum Gasteiger partial charge on any atom is 0.264 e. The second kappa shape index (κ2) is 7.24. The fourth-order valence-electron chi connectivity index (χ4n) is 2.41. The number of fused-ring (bicyclic) bond motifs is 1. The van der Waals surface area contributed by atoms with Crippen molar-refractivity contribution >= 4 is 22.8 Å². The third kappa shape index (κ3) is 3.44. The summed E-state index contributed by atoms with van der Waals surface area (Å²) in [5.74, 6) is -0.452. The Bertz CT molecular complexity index is 805. The monoisotopic (exact) mass is 334 g/mol. The maximum absolute atomic E-state index is 12.3. The minimum Gasteiger partial charge on any atom is -0.342 e. The van der Waals surface area contributed by atoms with Gasteiger partial charge in [-0.05, 0) is 13.8 Å². The standard InChI is InChI=1S/C15H22N6O3/c1-5-20(6-2)13(23)8-18(3)12(22)9-21-10-16-14-11(15(21)24)7-17-19(14)4/h7,10H,5-6,8-9H2,1-4H3. The van der Waals surface area contributed by atoms with Crippen LogP contribution in [-0.2, 0) is 23.2 Å². The molecule has 0 aromatic carbocycles. The Morgan fingerprint density at radius 2 is 1.88 bits per heavy atom. The second-order valence-electron chi connectivity index (χ2n) is 5.50. The zero-order valence-electron chi connectivity index (χ0n) is 14.4. The summed E-state index contributed by atoms with van der Waals surface area (Å²) in [5.41, 5.74) is 0.138. The molecule has 9 heteroatoms. The molecule has 2 amide bonds. The number of aromatic nitrogens is 4. The minimum atomic E-state index is -0.331. The van der Waals surface area contributed by atoms with Gasteiger partial charge in [-0.3, -0.25) is 23.6 Å². The van der Waals surface area contributed by atoms with Crippen molar-refractivity contribution in [2.75, 3.05) is 26.7 Å². The van der Waals surface area contributed by atoms with Crippen LogP contribution in [0.2, 0.25) is 0 Å². The summed E-state index contributed by atoms with van der Waals surface area (Å²) in [6.07, 6.45) is 2.75. The minimum absolute atomic E-state index is 0.0160. The van der Waals surface area contributed by atoms with E-state index < -0.39 is 0 Å². The van der Waals surface area contributed by atoms with E-state index in [0.717, 1.165) is 0 Å². The Hall–Kier alpha value is -2.71. The number of likely N-dealkylation sites (N-methyl/N-ethyl adjacent to an activating group) is 2. The summed E-state index contributed by atoms with van der Waals surface area (Å²) < 4.78 is 2.72. The van der Waals surface area contributed by atoms with Gasteiger partial charge in [0.1, 0.15) is 18.3 Å². The lowest BCUT2D eigenvalue weighted by molar-refractivity contribution is -0.139. The molecule has 0 atom stereocenters. The molecule has 0 aliphatic rings. The van der Waals surface area contributed by atoms with E-state index in [9.17, 15) is 14.4 Å². The fourth-order valence-corrected chi connectivity index (χ4v) is 2.41. The van der Waals surface area contributed by atoms with E-state index in [0.29, 0.717) is 24.1 Å². The van der Waals surface area contributed by atoms with Gasteiger partial charge in [0.05, 0.1) is 12.7 Å². The number of carbonyl (C=O) groups excluding carboxylic acids is 2. The van der Waals surface area contributed by atoms with Crippen LogP contribution in [0.15, 0.2) is 17.3 Å². The molecule has 0 unspecified atom stereocenters. The second-order valence-corrected chi connectivity index (χ2v) is 5.50. The van der Waals surface area contributed by atoms with E-state index >= 15 is 0 Å². The average molecular weight is 334 g/mol. The smallest absolute Gasteiger partial charge is 0.264 e. The van der Waals surface area contributed by atoms with E-state index in [-0.39, 0.29) is 30.5 Å². The quantitative estimate of drug-likeness (QED) is 0.707. The van der Waals surface area contributed by atoms with Crippen LogP contribution in [0.5, 0.6) is 0 Å². The largest absolute Gasteiger partial charge is 0.342 e. The first-order valence-electron chi connectivity index (χ1n) is 7.77. The van der Waals surface area contributed by atoms with Gasteiger partial charge in [-0.2, -0.15) is 5.10 Å². The van der Waals surface area contributed by atoms with Gasteiger partial charge in [-0.15, -0.1) is 0 Å². The molecule has 0 aliphatic carbocycles. The van der Waals surface area contributed by atoms with E-state index in [1.807, 2.05) is 13.8 Å². The highest BCUT2D eigenvalue weighted by Gasteiger charge is 2.18. The molecule has 0 N–H and O–H groups in total.